The van der Waals surface area contributed by atoms with Crippen molar-refractivity contribution in [2.75, 3.05) is 6.54 Å². The van der Waals surface area contributed by atoms with Crippen LogP contribution < -0.4 is 20.7 Å². The third-order valence-electron chi connectivity index (χ3n) is 6.37. The fourth-order valence-corrected chi connectivity index (χ4v) is 4.03. The van der Waals surface area contributed by atoms with Crippen LogP contribution in [0.3, 0.4) is 0 Å². The van der Waals surface area contributed by atoms with E-state index in [-0.39, 0.29) is 31.6 Å². The minimum atomic E-state index is -0.855. The van der Waals surface area contributed by atoms with Crippen LogP contribution >= 0.6 is 0 Å². The monoisotopic (exact) mass is 589 g/mol. The highest BCUT2D eigenvalue weighted by atomic mass is 16.6. The first-order valence-electron chi connectivity index (χ1n) is 14.4. The van der Waals surface area contributed by atoms with Gasteiger partial charge in [-0.3, -0.25) is 4.79 Å². The lowest BCUT2D eigenvalue weighted by Gasteiger charge is -2.19. The average Bonchev–Trinajstić information content (AvgIpc) is 3.02. The molecule has 3 amide bonds. The van der Waals surface area contributed by atoms with Crippen LogP contribution in [0.1, 0.15) is 50.2 Å². The largest absolute Gasteiger partial charge is 0.459 e. The Bertz CT molecular complexity index is 1270. The van der Waals surface area contributed by atoms with E-state index in [0.717, 1.165) is 11.1 Å². The van der Waals surface area contributed by atoms with Crippen molar-refractivity contribution in [1.29, 1.82) is 0 Å². The number of benzene rings is 3. The molecule has 0 aliphatic carbocycles. The predicted octanol–water partition coefficient (Wildman–Crippen LogP) is 5.27. The van der Waals surface area contributed by atoms with Crippen molar-refractivity contribution in [3.05, 3.63) is 102 Å². The molecule has 2 atom stereocenters. The van der Waals surface area contributed by atoms with Gasteiger partial charge in [0.05, 0.1) is 0 Å². The SMILES string of the molecule is CC(CCC(=O)NC(CCCCNC(=O)Oc1ccccc1)C(=O)OCc1ccccc1)NC(=O)OCc1ccccc1. The lowest BCUT2D eigenvalue weighted by Crippen LogP contribution is -2.42. The molecule has 0 aliphatic heterocycles. The van der Waals surface area contributed by atoms with E-state index in [4.69, 9.17) is 14.2 Å². The first-order chi connectivity index (χ1) is 20.9. The van der Waals surface area contributed by atoms with Gasteiger partial charge in [0.15, 0.2) is 0 Å². The van der Waals surface area contributed by atoms with Crippen LogP contribution in [0.2, 0.25) is 0 Å². The summed E-state index contributed by atoms with van der Waals surface area (Å²) in [5, 5.41) is 8.17. The highest BCUT2D eigenvalue weighted by Gasteiger charge is 2.22. The smallest absolute Gasteiger partial charge is 0.412 e. The number of esters is 1. The summed E-state index contributed by atoms with van der Waals surface area (Å²) in [6.45, 7) is 2.36. The van der Waals surface area contributed by atoms with Gasteiger partial charge in [-0.2, -0.15) is 0 Å². The second kappa shape index (κ2) is 18.5. The molecule has 0 saturated carbocycles. The maximum Gasteiger partial charge on any atom is 0.412 e. The summed E-state index contributed by atoms with van der Waals surface area (Å²) in [7, 11) is 0. The van der Waals surface area contributed by atoms with Gasteiger partial charge in [0.2, 0.25) is 5.91 Å². The van der Waals surface area contributed by atoms with E-state index in [0.29, 0.717) is 38.0 Å². The molecule has 0 aliphatic rings. The van der Waals surface area contributed by atoms with E-state index >= 15 is 0 Å². The van der Waals surface area contributed by atoms with Crippen molar-refractivity contribution in [2.45, 2.75) is 64.3 Å². The Morgan fingerprint density at radius 3 is 1.88 bits per heavy atom. The topological polar surface area (TPSA) is 132 Å². The number of rotatable bonds is 16. The number of ether oxygens (including phenoxy) is 3. The minimum Gasteiger partial charge on any atom is -0.459 e. The minimum absolute atomic E-state index is 0.0883. The van der Waals surface area contributed by atoms with E-state index in [1.165, 1.54) is 0 Å². The summed E-state index contributed by atoms with van der Waals surface area (Å²) in [6, 6.07) is 26.2. The molecule has 43 heavy (non-hydrogen) atoms. The van der Waals surface area contributed by atoms with Gasteiger partial charge in [0.1, 0.15) is 25.0 Å². The van der Waals surface area contributed by atoms with Crippen molar-refractivity contribution in [2.24, 2.45) is 0 Å². The lowest BCUT2D eigenvalue weighted by molar-refractivity contribution is -0.149. The molecular weight excluding hydrogens is 550 g/mol. The molecule has 2 unspecified atom stereocenters. The van der Waals surface area contributed by atoms with Crippen molar-refractivity contribution in [3.63, 3.8) is 0 Å². The standard InChI is InChI=1S/C33H39N3O7/c1-25(35-33(40)42-24-27-15-7-3-8-16-27)20-21-30(37)36-29(31(38)41-23-26-13-5-2-6-14-26)19-11-12-22-34-32(39)43-28-17-9-4-10-18-28/h2-10,13-18,25,29H,11-12,19-24H2,1H3,(H,34,39)(H,35,40)(H,36,37). The molecule has 3 aromatic carbocycles. The Hall–Kier alpha value is -4.86. The summed E-state index contributed by atoms with van der Waals surface area (Å²) in [6.07, 6.45) is 0.747. The first-order valence-corrected chi connectivity index (χ1v) is 14.4. The Kier molecular flexibility index (Phi) is 14.1. The van der Waals surface area contributed by atoms with Crippen LogP contribution in [0.25, 0.3) is 0 Å². The summed E-state index contributed by atoms with van der Waals surface area (Å²) in [5.74, 6) is -0.431. The number of carbonyl (C=O) groups is 4. The molecule has 0 aromatic heterocycles. The third-order valence-corrected chi connectivity index (χ3v) is 6.37. The molecule has 10 heteroatoms. The normalized spacial score (nSPS) is 11.8. The molecule has 0 saturated heterocycles. The highest BCUT2D eigenvalue weighted by Crippen LogP contribution is 2.10. The van der Waals surface area contributed by atoms with Gasteiger partial charge >= 0.3 is 18.2 Å². The summed E-state index contributed by atoms with van der Waals surface area (Å²) in [4.78, 5) is 49.7. The highest BCUT2D eigenvalue weighted by molar-refractivity contribution is 5.84. The van der Waals surface area contributed by atoms with Crippen LogP contribution in [-0.4, -0.2) is 42.7 Å². The lowest BCUT2D eigenvalue weighted by atomic mass is 10.1. The quantitative estimate of drug-likeness (QED) is 0.153. The fourth-order valence-electron chi connectivity index (χ4n) is 4.03. The number of para-hydroxylation sites is 1. The molecule has 0 bridgehead atoms. The zero-order chi connectivity index (χ0) is 30.7. The van der Waals surface area contributed by atoms with Crippen molar-refractivity contribution in [3.8, 4) is 5.75 Å². The van der Waals surface area contributed by atoms with E-state index in [2.05, 4.69) is 16.0 Å². The molecule has 228 valence electrons. The molecule has 0 spiro atoms. The Balaban J connectivity index is 1.41. The summed E-state index contributed by atoms with van der Waals surface area (Å²) < 4.78 is 15.9. The third kappa shape index (κ3) is 13.6. The van der Waals surface area contributed by atoms with Gasteiger partial charge in [-0.05, 0) is 55.9 Å². The Labute approximate surface area is 252 Å². The second-order valence-electron chi connectivity index (χ2n) is 9.98. The predicted molar refractivity (Wildman–Crippen MR) is 161 cm³/mol. The molecular formula is C33H39N3O7. The Morgan fingerprint density at radius 1 is 0.674 bits per heavy atom. The number of alkyl carbamates (subject to hydrolysis) is 1. The Morgan fingerprint density at radius 2 is 1.26 bits per heavy atom. The summed E-state index contributed by atoms with van der Waals surface area (Å²) in [5.41, 5.74) is 1.71. The number of hydrogen-bond donors (Lipinski definition) is 3. The molecule has 0 radical (unpaired) electrons. The van der Waals surface area contributed by atoms with Crippen LogP contribution in [0.5, 0.6) is 5.75 Å². The van der Waals surface area contributed by atoms with E-state index < -0.39 is 24.2 Å². The second-order valence-corrected chi connectivity index (χ2v) is 9.98. The average molecular weight is 590 g/mol. The zero-order valence-electron chi connectivity index (χ0n) is 24.3. The van der Waals surface area contributed by atoms with Crippen molar-refractivity contribution in [1.82, 2.24) is 16.0 Å². The maximum atomic E-state index is 12.9. The van der Waals surface area contributed by atoms with Crippen LogP contribution in [0.4, 0.5) is 9.59 Å². The number of carbonyl (C=O) groups excluding carboxylic acids is 4. The first kappa shape index (κ1) is 32.7. The van der Waals surface area contributed by atoms with Crippen LogP contribution in [0, 0.1) is 0 Å². The van der Waals surface area contributed by atoms with E-state index in [9.17, 15) is 19.2 Å². The van der Waals surface area contributed by atoms with Gasteiger partial charge in [-0.25, -0.2) is 14.4 Å². The molecule has 0 fully saturated rings. The molecule has 3 N–H and O–H groups in total. The fraction of sp³-hybridized carbons (Fsp3) is 0.333. The van der Waals surface area contributed by atoms with Gasteiger partial charge in [-0.1, -0.05) is 78.9 Å². The molecule has 10 nitrogen and oxygen atoms in total. The summed E-state index contributed by atoms with van der Waals surface area (Å²) >= 11 is 0. The van der Waals surface area contributed by atoms with Crippen molar-refractivity contribution >= 4 is 24.1 Å². The number of amides is 3. The van der Waals surface area contributed by atoms with E-state index in [1.54, 1.807) is 31.2 Å². The zero-order valence-corrected chi connectivity index (χ0v) is 24.3. The van der Waals surface area contributed by atoms with E-state index in [1.807, 2.05) is 66.7 Å². The number of unbranched alkanes of at least 4 members (excludes halogenated alkanes) is 1. The van der Waals surface area contributed by atoms with Gasteiger partial charge in [0.25, 0.3) is 0 Å². The number of hydrogen-bond acceptors (Lipinski definition) is 7. The molecule has 3 rings (SSSR count). The van der Waals surface area contributed by atoms with Gasteiger partial charge in [-0.15, -0.1) is 0 Å². The van der Waals surface area contributed by atoms with Gasteiger partial charge in [0, 0.05) is 19.0 Å². The number of nitrogens with one attached hydrogen (secondary N) is 3. The van der Waals surface area contributed by atoms with Crippen LogP contribution in [-0.2, 0) is 32.3 Å². The molecule has 3 aromatic rings. The van der Waals surface area contributed by atoms with Crippen molar-refractivity contribution < 1.29 is 33.4 Å². The van der Waals surface area contributed by atoms with Gasteiger partial charge < -0.3 is 30.2 Å². The maximum absolute atomic E-state index is 12.9. The van der Waals surface area contributed by atoms with Crippen LogP contribution in [0.15, 0.2) is 91.0 Å². The molecule has 0 heterocycles.